The molecule has 1 fully saturated rings. The first-order valence-electron chi connectivity index (χ1n) is 6.10. The minimum atomic E-state index is -0.356. The van der Waals surface area contributed by atoms with Crippen LogP contribution < -0.4 is 5.73 Å². The summed E-state index contributed by atoms with van der Waals surface area (Å²) in [5.41, 5.74) is 5.62. The number of hydrogen-bond donors (Lipinski definition) is 1. The molecule has 1 aliphatic rings. The van der Waals surface area contributed by atoms with Crippen LogP contribution in [0.2, 0.25) is 0 Å². The van der Waals surface area contributed by atoms with Crippen LogP contribution in [-0.4, -0.2) is 61.1 Å². The lowest BCUT2D eigenvalue weighted by molar-refractivity contribution is -0.139. The Labute approximate surface area is 107 Å². The van der Waals surface area contributed by atoms with E-state index < -0.39 is 0 Å². The number of nitrogens with zero attached hydrogens (tertiary/aromatic N) is 2. The summed E-state index contributed by atoms with van der Waals surface area (Å²) in [5, 5.41) is 0. The zero-order chi connectivity index (χ0) is 13.5. The van der Waals surface area contributed by atoms with Gasteiger partial charge in [-0.2, -0.15) is 0 Å². The number of carbonyl (C=O) groups excluding carboxylic acids is 2. The third-order valence-corrected chi connectivity index (χ3v) is 2.88. The highest BCUT2D eigenvalue weighted by Crippen LogP contribution is 2.02. The van der Waals surface area contributed by atoms with E-state index in [0.29, 0.717) is 25.3 Å². The average molecular weight is 255 g/mol. The van der Waals surface area contributed by atoms with Gasteiger partial charge in [-0.15, -0.1) is 0 Å². The average Bonchev–Trinajstić information content (AvgIpc) is 2.34. The van der Waals surface area contributed by atoms with Crippen molar-refractivity contribution in [2.75, 3.05) is 39.3 Å². The van der Waals surface area contributed by atoms with E-state index in [2.05, 4.69) is 11.5 Å². The molecule has 0 aromatic heterocycles. The summed E-state index contributed by atoms with van der Waals surface area (Å²) in [6.45, 7) is 9.38. The van der Waals surface area contributed by atoms with Crippen molar-refractivity contribution in [1.82, 2.24) is 9.80 Å². The SMILES string of the molecule is C=C(C)C(=O)OCCCN1CCN(C(N)=O)CC1. The lowest BCUT2D eigenvalue weighted by Gasteiger charge is -2.33. The van der Waals surface area contributed by atoms with Crippen molar-refractivity contribution in [3.05, 3.63) is 12.2 Å². The number of primary amides is 1. The molecule has 0 saturated carbocycles. The van der Waals surface area contributed by atoms with Gasteiger partial charge in [-0.25, -0.2) is 9.59 Å². The maximum absolute atomic E-state index is 11.1. The van der Waals surface area contributed by atoms with Crippen LogP contribution in [0.1, 0.15) is 13.3 Å². The van der Waals surface area contributed by atoms with Gasteiger partial charge in [0, 0.05) is 38.3 Å². The molecule has 2 amide bonds. The van der Waals surface area contributed by atoms with Crippen molar-refractivity contribution < 1.29 is 14.3 Å². The Hall–Kier alpha value is -1.56. The summed E-state index contributed by atoms with van der Waals surface area (Å²) in [6.07, 6.45) is 0.787. The van der Waals surface area contributed by atoms with Crippen molar-refractivity contribution >= 4 is 12.0 Å². The molecule has 1 saturated heterocycles. The Kier molecular flexibility index (Phi) is 5.64. The zero-order valence-corrected chi connectivity index (χ0v) is 10.9. The highest BCUT2D eigenvalue weighted by Gasteiger charge is 2.18. The van der Waals surface area contributed by atoms with Crippen molar-refractivity contribution in [1.29, 1.82) is 0 Å². The molecule has 0 radical (unpaired) electrons. The standard InChI is InChI=1S/C12H21N3O3/c1-10(2)11(16)18-9-3-4-14-5-7-15(8-6-14)12(13)17/h1,3-9H2,2H3,(H2,13,17). The Morgan fingerprint density at radius 2 is 1.89 bits per heavy atom. The molecule has 0 aliphatic carbocycles. The molecule has 1 heterocycles. The van der Waals surface area contributed by atoms with Crippen molar-refractivity contribution in [2.24, 2.45) is 5.73 Å². The van der Waals surface area contributed by atoms with Gasteiger partial charge in [0.2, 0.25) is 0 Å². The second kappa shape index (κ2) is 7.00. The largest absolute Gasteiger partial charge is 0.462 e. The van der Waals surface area contributed by atoms with E-state index in [-0.39, 0.29) is 12.0 Å². The number of ether oxygens (including phenoxy) is 1. The highest BCUT2D eigenvalue weighted by atomic mass is 16.5. The zero-order valence-electron chi connectivity index (χ0n) is 10.9. The second-order valence-electron chi connectivity index (χ2n) is 4.44. The Morgan fingerprint density at radius 3 is 2.39 bits per heavy atom. The Morgan fingerprint density at radius 1 is 1.28 bits per heavy atom. The number of piperazine rings is 1. The van der Waals surface area contributed by atoms with Gasteiger partial charge < -0.3 is 15.4 Å². The normalized spacial score (nSPS) is 16.4. The summed E-state index contributed by atoms with van der Waals surface area (Å²) in [5.74, 6) is -0.339. The number of esters is 1. The fraction of sp³-hybridized carbons (Fsp3) is 0.667. The molecule has 0 spiro atoms. The maximum atomic E-state index is 11.1. The van der Waals surface area contributed by atoms with Crippen LogP contribution in [0, 0.1) is 0 Å². The maximum Gasteiger partial charge on any atom is 0.333 e. The molecule has 0 aromatic rings. The molecule has 0 atom stereocenters. The lowest BCUT2D eigenvalue weighted by atomic mass is 10.3. The molecule has 0 unspecified atom stereocenters. The molecule has 0 bridgehead atoms. The fourth-order valence-electron chi connectivity index (χ4n) is 1.77. The van der Waals surface area contributed by atoms with E-state index in [1.165, 1.54) is 0 Å². The fourth-order valence-corrected chi connectivity index (χ4v) is 1.77. The molecule has 1 rings (SSSR count). The van der Waals surface area contributed by atoms with Gasteiger partial charge in [0.25, 0.3) is 0 Å². The van der Waals surface area contributed by atoms with Crippen LogP contribution in [0.15, 0.2) is 12.2 Å². The Balaban J connectivity index is 2.09. The van der Waals surface area contributed by atoms with Crippen LogP contribution in [0.3, 0.4) is 0 Å². The third-order valence-electron chi connectivity index (χ3n) is 2.88. The van der Waals surface area contributed by atoms with E-state index >= 15 is 0 Å². The molecule has 1 aliphatic heterocycles. The minimum absolute atomic E-state index is 0.339. The number of amides is 2. The summed E-state index contributed by atoms with van der Waals surface area (Å²) in [4.78, 5) is 25.9. The first kappa shape index (κ1) is 14.5. The molecule has 18 heavy (non-hydrogen) atoms. The molecular weight excluding hydrogens is 234 g/mol. The number of carbonyl (C=O) groups is 2. The topological polar surface area (TPSA) is 75.9 Å². The first-order valence-corrected chi connectivity index (χ1v) is 6.10. The number of urea groups is 1. The van der Waals surface area contributed by atoms with Gasteiger partial charge in [0.1, 0.15) is 0 Å². The first-order chi connectivity index (χ1) is 8.50. The van der Waals surface area contributed by atoms with E-state index in [1.807, 2.05) is 0 Å². The van der Waals surface area contributed by atoms with Gasteiger partial charge in [-0.05, 0) is 13.3 Å². The number of nitrogens with two attached hydrogens (primary N) is 1. The van der Waals surface area contributed by atoms with Crippen LogP contribution in [-0.2, 0) is 9.53 Å². The quantitative estimate of drug-likeness (QED) is 0.432. The lowest BCUT2D eigenvalue weighted by Crippen LogP contribution is -2.50. The predicted molar refractivity (Wildman–Crippen MR) is 68.0 cm³/mol. The molecular formula is C12H21N3O3. The summed E-state index contributed by atoms with van der Waals surface area (Å²) in [6, 6.07) is -0.356. The van der Waals surface area contributed by atoms with Gasteiger partial charge in [0.15, 0.2) is 0 Å². The molecule has 2 N–H and O–H groups in total. The van der Waals surface area contributed by atoms with E-state index in [4.69, 9.17) is 10.5 Å². The smallest absolute Gasteiger partial charge is 0.333 e. The molecule has 6 nitrogen and oxygen atoms in total. The summed E-state index contributed by atoms with van der Waals surface area (Å²) >= 11 is 0. The second-order valence-corrected chi connectivity index (χ2v) is 4.44. The van der Waals surface area contributed by atoms with Crippen molar-refractivity contribution in [3.8, 4) is 0 Å². The van der Waals surface area contributed by atoms with Gasteiger partial charge in [-0.3, -0.25) is 4.90 Å². The minimum Gasteiger partial charge on any atom is -0.462 e. The number of rotatable bonds is 5. The third kappa shape index (κ3) is 4.75. The van der Waals surface area contributed by atoms with Crippen LogP contribution in [0.5, 0.6) is 0 Å². The van der Waals surface area contributed by atoms with E-state index in [1.54, 1.807) is 11.8 Å². The van der Waals surface area contributed by atoms with Crippen LogP contribution in [0.4, 0.5) is 4.79 Å². The highest BCUT2D eigenvalue weighted by molar-refractivity contribution is 5.86. The molecule has 0 aromatic carbocycles. The van der Waals surface area contributed by atoms with E-state index in [9.17, 15) is 9.59 Å². The van der Waals surface area contributed by atoms with Gasteiger partial charge in [-0.1, -0.05) is 6.58 Å². The summed E-state index contributed by atoms with van der Waals surface area (Å²) in [7, 11) is 0. The van der Waals surface area contributed by atoms with E-state index in [0.717, 1.165) is 26.1 Å². The number of hydrogen-bond acceptors (Lipinski definition) is 4. The predicted octanol–water partition coefficient (Wildman–Crippen LogP) is 0.192. The molecule has 102 valence electrons. The van der Waals surface area contributed by atoms with Crippen molar-refractivity contribution in [3.63, 3.8) is 0 Å². The Bertz CT molecular complexity index is 323. The van der Waals surface area contributed by atoms with Crippen molar-refractivity contribution in [2.45, 2.75) is 13.3 Å². The van der Waals surface area contributed by atoms with Crippen LogP contribution >= 0.6 is 0 Å². The van der Waals surface area contributed by atoms with Gasteiger partial charge in [0.05, 0.1) is 6.61 Å². The monoisotopic (exact) mass is 255 g/mol. The summed E-state index contributed by atoms with van der Waals surface area (Å²) < 4.78 is 5.00. The van der Waals surface area contributed by atoms with Gasteiger partial charge >= 0.3 is 12.0 Å². The molecule has 6 heteroatoms. The van der Waals surface area contributed by atoms with Crippen LogP contribution in [0.25, 0.3) is 0 Å².